The molecule has 0 radical (unpaired) electrons. The molecule has 0 saturated heterocycles. The molecule has 0 spiro atoms. The summed E-state index contributed by atoms with van der Waals surface area (Å²) < 4.78 is 5.70. The number of aromatic nitrogens is 3. The predicted octanol–water partition coefficient (Wildman–Crippen LogP) is 1.90. The van der Waals surface area contributed by atoms with Crippen molar-refractivity contribution in [3.63, 3.8) is 0 Å². The van der Waals surface area contributed by atoms with E-state index >= 15 is 0 Å². The number of nitrogen functional groups attached to an aromatic ring is 1. The molecular formula is C12H15N5O. The third kappa shape index (κ3) is 2.72. The lowest BCUT2D eigenvalue weighted by Crippen LogP contribution is -2.12. The fourth-order valence-electron chi connectivity index (χ4n) is 1.60. The average molecular weight is 245 g/mol. The summed E-state index contributed by atoms with van der Waals surface area (Å²) in [5, 5.41) is 0. The molecule has 0 aromatic carbocycles. The lowest BCUT2D eigenvalue weighted by molar-refractivity contribution is 0.452. The molecule has 0 atom stereocenters. The van der Waals surface area contributed by atoms with Gasteiger partial charge in [-0.05, 0) is 18.6 Å². The SMILES string of the molecule is CCCc1c(NN)ncnc1Oc1cccnc1. The summed E-state index contributed by atoms with van der Waals surface area (Å²) in [6, 6.07) is 3.62. The first kappa shape index (κ1) is 12.3. The van der Waals surface area contributed by atoms with Gasteiger partial charge in [0.05, 0.1) is 11.8 Å². The first-order valence-electron chi connectivity index (χ1n) is 5.73. The van der Waals surface area contributed by atoms with E-state index in [-0.39, 0.29) is 0 Å². The van der Waals surface area contributed by atoms with Crippen LogP contribution in [0.3, 0.4) is 0 Å². The maximum absolute atomic E-state index is 5.70. The molecule has 0 fully saturated rings. The Hall–Kier alpha value is -2.21. The predicted molar refractivity (Wildman–Crippen MR) is 68.1 cm³/mol. The van der Waals surface area contributed by atoms with Crippen LogP contribution in [0.25, 0.3) is 0 Å². The van der Waals surface area contributed by atoms with Crippen LogP contribution in [0.4, 0.5) is 5.82 Å². The van der Waals surface area contributed by atoms with Crippen LogP contribution in [0, 0.1) is 0 Å². The molecule has 2 heterocycles. The summed E-state index contributed by atoms with van der Waals surface area (Å²) in [6.45, 7) is 2.07. The van der Waals surface area contributed by atoms with E-state index in [4.69, 9.17) is 10.6 Å². The lowest BCUT2D eigenvalue weighted by atomic mass is 10.2. The molecule has 6 heteroatoms. The zero-order valence-electron chi connectivity index (χ0n) is 10.1. The van der Waals surface area contributed by atoms with Gasteiger partial charge in [0.2, 0.25) is 5.88 Å². The van der Waals surface area contributed by atoms with Crippen molar-refractivity contribution >= 4 is 5.82 Å². The highest BCUT2D eigenvalue weighted by Crippen LogP contribution is 2.27. The Labute approximate surface area is 105 Å². The number of nitrogens with zero attached hydrogens (tertiary/aromatic N) is 3. The molecule has 0 bridgehead atoms. The molecule has 94 valence electrons. The second-order valence-electron chi connectivity index (χ2n) is 3.69. The van der Waals surface area contributed by atoms with Crippen LogP contribution in [0.5, 0.6) is 11.6 Å². The highest BCUT2D eigenvalue weighted by atomic mass is 16.5. The second-order valence-corrected chi connectivity index (χ2v) is 3.69. The average Bonchev–Trinajstić information content (AvgIpc) is 2.42. The van der Waals surface area contributed by atoms with E-state index in [1.165, 1.54) is 6.33 Å². The Morgan fingerprint density at radius 2 is 2.28 bits per heavy atom. The lowest BCUT2D eigenvalue weighted by Gasteiger charge is -2.11. The smallest absolute Gasteiger partial charge is 0.227 e. The van der Waals surface area contributed by atoms with E-state index in [1.807, 2.05) is 6.07 Å². The Morgan fingerprint density at radius 3 is 2.94 bits per heavy atom. The van der Waals surface area contributed by atoms with Crippen LogP contribution >= 0.6 is 0 Å². The van der Waals surface area contributed by atoms with Crippen molar-refractivity contribution in [2.75, 3.05) is 5.43 Å². The van der Waals surface area contributed by atoms with Crippen molar-refractivity contribution in [2.45, 2.75) is 19.8 Å². The van der Waals surface area contributed by atoms with Gasteiger partial charge >= 0.3 is 0 Å². The zero-order chi connectivity index (χ0) is 12.8. The molecule has 2 aromatic heterocycles. The highest BCUT2D eigenvalue weighted by Gasteiger charge is 2.12. The molecule has 0 unspecified atom stereocenters. The molecule has 0 aliphatic heterocycles. The van der Waals surface area contributed by atoms with Gasteiger partial charge in [0.1, 0.15) is 17.9 Å². The van der Waals surface area contributed by atoms with Crippen molar-refractivity contribution in [3.8, 4) is 11.6 Å². The number of ether oxygens (including phenoxy) is 1. The van der Waals surface area contributed by atoms with E-state index < -0.39 is 0 Å². The van der Waals surface area contributed by atoms with E-state index in [1.54, 1.807) is 18.5 Å². The number of nitrogens with one attached hydrogen (secondary N) is 1. The number of hydrogen-bond donors (Lipinski definition) is 2. The van der Waals surface area contributed by atoms with Crippen molar-refractivity contribution in [1.29, 1.82) is 0 Å². The third-order valence-electron chi connectivity index (χ3n) is 2.39. The number of pyridine rings is 1. The van der Waals surface area contributed by atoms with Crippen molar-refractivity contribution < 1.29 is 4.74 Å². The Morgan fingerprint density at radius 1 is 1.39 bits per heavy atom. The fraction of sp³-hybridized carbons (Fsp3) is 0.250. The first-order chi connectivity index (χ1) is 8.85. The molecule has 0 aliphatic rings. The Balaban J connectivity index is 2.32. The highest BCUT2D eigenvalue weighted by molar-refractivity contribution is 5.48. The monoisotopic (exact) mass is 245 g/mol. The minimum Gasteiger partial charge on any atom is -0.437 e. The second kappa shape index (κ2) is 5.92. The zero-order valence-corrected chi connectivity index (χ0v) is 10.1. The maximum Gasteiger partial charge on any atom is 0.227 e. The van der Waals surface area contributed by atoms with Crippen molar-refractivity contribution in [3.05, 3.63) is 36.4 Å². The Bertz CT molecular complexity index is 503. The number of rotatable bonds is 5. The summed E-state index contributed by atoms with van der Waals surface area (Å²) in [5.74, 6) is 7.17. The third-order valence-corrected chi connectivity index (χ3v) is 2.39. The van der Waals surface area contributed by atoms with Gasteiger partial charge < -0.3 is 10.2 Å². The molecule has 18 heavy (non-hydrogen) atoms. The minimum atomic E-state index is 0.507. The van der Waals surface area contributed by atoms with Crippen LogP contribution in [-0.2, 0) is 6.42 Å². The molecule has 0 aliphatic carbocycles. The normalized spacial score (nSPS) is 10.1. The molecule has 0 saturated carbocycles. The van der Waals surface area contributed by atoms with Gasteiger partial charge in [-0.25, -0.2) is 15.8 Å². The van der Waals surface area contributed by atoms with E-state index in [0.29, 0.717) is 17.4 Å². The van der Waals surface area contributed by atoms with E-state index in [9.17, 15) is 0 Å². The van der Waals surface area contributed by atoms with Crippen LogP contribution in [0.2, 0.25) is 0 Å². The standard InChI is InChI=1S/C12H15N5O/c1-2-4-10-11(17-13)15-8-16-12(10)18-9-5-3-6-14-7-9/h3,5-8H,2,4,13H2,1H3,(H,15,16,17). The number of nitrogens with two attached hydrogens (primary N) is 1. The van der Waals surface area contributed by atoms with Crippen molar-refractivity contribution in [2.24, 2.45) is 5.84 Å². The van der Waals surface area contributed by atoms with Gasteiger partial charge in [0.25, 0.3) is 0 Å². The minimum absolute atomic E-state index is 0.507. The summed E-state index contributed by atoms with van der Waals surface area (Å²) in [6.07, 6.45) is 6.47. The Kier molecular flexibility index (Phi) is 4.03. The largest absolute Gasteiger partial charge is 0.437 e. The van der Waals surface area contributed by atoms with Gasteiger partial charge in [0.15, 0.2) is 0 Å². The molecule has 2 rings (SSSR count). The summed E-state index contributed by atoms with van der Waals surface area (Å²) in [4.78, 5) is 12.2. The molecule has 0 amide bonds. The van der Waals surface area contributed by atoms with E-state index in [0.717, 1.165) is 18.4 Å². The fourth-order valence-corrected chi connectivity index (χ4v) is 1.60. The number of hydrogen-bond acceptors (Lipinski definition) is 6. The van der Waals surface area contributed by atoms with Gasteiger partial charge in [0, 0.05) is 6.20 Å². The van der Waals surface area contributed by atoms with Gasteiger partial charge in [-0.1, -0.05) is 13.3 Å². The maximum atomic E-state index is 5.70. The summed E-state index contributed by atoms with van der Waals surface area (Å²) >= 11 is 0. The summed E-state index contributed by atoms with van der Waals surface area (Å²) in [5.41, 5.74) is 3.43. The van der Waals surface area contributed by atoms with Crippen LogP contribution in [0.15, 0.2) is 30.9 Å². The molecule has 6 nitrogen and oxygen atoms in total. The summed E-state index contributed by atoms with van der Waals surface area (Å²) in [7, 11) is 0. The van der Waals surface area contributed by atoms with Crippen molar-refractivity contribution in [1.82, 2.24) is 15.0 Å². The first-order valence-corrected chi connectivity index (χ1v) is 5.73. The topological polar surface area (TPSA) is 86.0 Å². The van der Waals surface area contributed by atoms with Crippen LogP contribution < -0.4 is 16.0 Å². The number of anilines is 1. The quantitative estimate of drug-likeness (QED) is 0.618. The van der Waals surface area contributed by atoms with Crippen LogP contribution in [-0.4, -0.2) is 15.0 Å². The number of hydrazine groups is 1. The molecule has 3 N–H and O–H groups in total. The van der Waals surface area contributed by atoms with Crippen LogP contribution in [0.1, 0.15) is 18.9 Å². The van der Waals surface area contributed by atoms with E-state index in [2.05, 4.69) is 27.3 Å². The van der Waals surface area contributed by atoms with Gasteiger partial charge in [-0.3, -0.25) is 4.98 Å². The molecular weight excluding hydrogens is 230 g/mol. The molecule has 2 aromatic rings. The van der Waals surface area contributed by atoms with Gasteiger partial charge in [-0.2, -0.15) is 0 Å². The van der Waals surface area contributed by atoms with Gasteiger partial charge in [-0.15, -0.1) is 0 Å².